The number of hydrogen-bond donors (Lipinski definition) is 0. The van der Waals surface area contributed by atoms with Crippen LogP contribution in [0.2, 0.25) is 0 Å². The first-order valence-electron chi connectivity index (χ1n) is 7.52. The van der Waals surface area contributed by atoms with E-state index in [1.165, 1.54) is 32.2 Å². The van der Waals surface area contributed by atoms with E-state index in [2.05, 4.69) is 15.1 Å². The van der Waals surface area contributed by atoms with Crippen LogP contribution in [0.1, 0.15) is 56.4 Å². The molecular formula is C14H21N3O2. The van der Waals surface area contributed by atoms with E-state index in [1.807, 2.05) is 6.92 Å². The van der Waals surface area contributed by atoms with Gasteiger partial charge in [0, 0.05) is 25.6 Å². The highest BCUT2D eigenvalue weighted by atomic mass is 16.5. The average Bonchev–Trinajstić information content (AvgIpc) is 2.94. The second-order valence-corrected chi connectivity index (χ2v) is 6.08. The molecule has 3 fully saturated rings. The van der Waals surface area contributed by atoms with Gasteiger partial charge in [-0.3, -0.25) is 4.90 Å². The molecule has 2 aliphatic heterocycles. The Morgan fingerprint density at radius 1 is 1.11 bits per heavy atom. The third-order valence-corrected chi connectivity index (χ3v) is 4.95. The zero-order valence-electron chi connectivity index (χ0n) is 11.4. The lowest BCUT2D eigenvalue weighted by Gasteiger charge is -2.42. The largest absolute Gasteiger partial charge is 0.423 e. The summed E-state index contributed by atoms with van der Waals surface area (Å²) >= 11 is 0. The number of fused-ring (bicyclic) bond motifs is 1. The van der Waals surface area contributed by atoms with Crippen molar-refractivity contribution in [3.63, 3.8) is 0 Å². The fourth-order valence-corrected chi connectivity index (χ4v) is 3.76. The van der Waals surface area contributed by atoms with Crippen LogP contribution < -0.4 is 0 Å². The summed E-state index contributed by atoms with van der Waals surface area (Å²) in [6, 6.07) is 1.46. The fourth-order valence-electron chi connectivity index (χ4n) is 3.76. The van der Waals surface area contributed by atoms with Crippen LogP contribution in [0.25, 0.3) is 0 Å². The molecule has 0 aromatic carbocycles. The number of hydrogen-bond acceptors (Lipinski definition) is 5. The first kappa shape index (κ1) is 11.9. The summed E-state index contributed by atoms with van der Waals surface area (Å²) in [5.41, 5.74) is 0. The third kappa shape index (κ3) is 1.99. The molecule has 1 saturated carbocycles. The topological polar surface area (TPSA) is 51.4 Å². The highest BCUT2D eigenvalue weighted by Gasteiger charge is 2.44. The van der Waals surface area contributed by atoms with Gasteiger partial charge in [-0.05, 0) is 32.1 Å². The highest BCUT2D eigenvalue weighted by molar-refractivity contribution is 4.99. The van der Waals surface area contributed by atoms with E-state index in [9.17, 15) is 0 Å². The molecule has 5 heteroatoms. The number of likely N-dealkylation sites (tertiary alicyclic amines) is 1. The van der Waals surface area contributed by atoms with Gasteiger partial charge in [-0.15, -0.1) is 10.2 Å². The smallest absolute Gasteiger partial charge is 0.245 e. The molecule has 0 bridgehead atoms. The van der Waals surface area contributed by atoms with Crippen molar-refractivity contribution in [3.8, 4) is 0 Å². The maximum absolute atomic E-state index is 6.22. The van der Waals surface area contributed by atoms with Crippen molar-refractivity contribution >= 4 is 0 Å². The lowest BCUT2D eigenvalue weighted by atomic mass is 9.89. The Morgan fingerprint density at radius 3 is 2.68 bits per heavy atom. The molecule has 1 aliphatic carbocycles. The second kappa shape index (κ2) is 4.56. The quantitative estimate of drug-likeness (QED) is 0.819. The van der Waals surface area contributed by atoms with Crippen LogP contribution in [0.15, 0.2) is 4.42 Å². The minimum absolute atomic E-state index is 0.0174. The predicted octanol–water partition coefficient (Wildman–Crippen LogP) is 2.22. The van der Waals surface area contributed by atoms with Gasteiger partial charge in [0.25, 0.3) is 0 Å². The molecule has 3 heterocycles. The van der Waals surface area contributed by atoms with Crippen molar-refractivity contribution in [2.45, 2.75) is 69.7 Å². The van der Waals surface area contributed by atoms with Crippen molar-refractivity contribution < 1.29 is 9.15 Å². The van der Waals surface area contributed by atoms with E-state index in [4.69, 9.17) is 9.15 Å². The Bertz CT molecular complexity index is 457. The van der Waals surface area contributed by atoms with Gasteiger partial charge in [-0.1, -0.05) is 6.42 Å². The average molecular weight is 263 g/mol. The maximum Gasteiger partial charge on any atom is 0.245 e. The summed E-state index contributed by atoms with van der Waals surface area (Å²) in [6.07, 6.45) is 7.92. The monoisotopic (exact) mass is 263 g/mol. The number of rotatable bonds is 2. The predicted molar refractivity (Wildman–Crippen MR) is 68.6 cm³/mol. The minimum Gasteiger partial charge on any atom is -0.423 e. The van der Waals surface area contributed by atoms with E-state index in [-0.39, 0.29) is 6.10 Å². The van der Waals surface area contributed by atoms with Crippen LogP contribution in [-0.2, 0) is 4.74 Å². The Hall–Kier alpha value is -0.940. The van der Waals surface area contributed by atoms with E-state index >= 15 is 0 Å². The van der Waals surface area contributed by atoms with Gasteiger partial charge in [0.2, 0.25) is 11.8 Å². The van der Waals surface area contributed by atoms with Crippen LogP contribution in [0.3, 0.4) is 0 Å². The van der Waals surface area contributed by atoms with E-state index < -0.39 is 0 Å². The molecule has 104 valence electrons. The van der Waals surface area contributed by atoms with Crippen LogP contribution >= 0.6 is 0 Å². The molecule has 0 N–H and O–H groups in total. The van der Waals surface area contributed by atoms with Crippen molar-refractivity contribution in [2.24, 2.45) is 0 Å². The summed E-state index contributed by atoms with van der Waals surface area (Å²) in [5.74, 6) is 1.29. The molecule has 3 atom stereocenters. The molecule has 0 unspecified atom stereocenters. The molecule has 1 aromatic rings. The summed E-state index contributed by atoms with van der Waals surface area (Å²) in [5, 5.41) is 8.02. The number of nitrogens with zero attached hydrogens (tertiary/aromatic N) is 3. The van der Waals surface area contributed by atoms with Crippen molar-refractivity contribution in [3.05, 3.63) is 11.8 Å². The molecule has 2 saturated heterocycles. The van der Waals surface area contributed by atoms with Gasteiger partial charge < -0.3 is 9.15 Å². The first-order chi connectivity index (χ1) is 9.31. The molecule has 4 rings (SSSR count). The van der Waals surface area contributed by atoms with E-state index in [1.54, 1.807) is 0 Å². The van der Waals surface area contributed by atoms with Gasteiger partial charge in [0.1, 0.15) is 6.10 Å². The molecule has 5 nitrogen and oxygen atoms in total. The SMILES string of the molecule is Cc1nnc([C@@H]2CC[C@@H]3[C@@H](CCN3C3CCC3)O2)o1. The Morgan fingerprint density at radius 2 is 2.00 bits per heavy atom. The summed E-state index contributed by atoms with van der Waals surface area (Å²) in [6.45, 7) is 3.03. The molecule has 19 heavy (non-hydrogen) atoms. The van der Waals surface area contributed by atoms with Gasteiger partial charge in [-0.2, -0.15) is 0 Å². The third-order valence-electron chi connectivity index (χ3n) is 4.95. The number of ether oxygens (including phenoxy) is 1. The van der Waals surface area contributed by atoms with Crippen LogP contribution in [0, 0.1) is 6.92 Å². The Balaban J connectivity index is 1.44. The summed E-state index contributed by atoms with van der Waals surface area (Å²) in [4.78, 5) is 2.70. The lowest BCUT2D eigenvalue weighted by molar-refractivity contribution is -0.0887. The summed E-state index contributed by atoms with van der Waals surface area (Å²) < 4.78 is 11.7. The Labute approximate surface area is 113 Å². The molecule has 1 aromatic heterocycles. The second-order valence-electron chi connectivity index (χ2n) is 6.08. The van der Waals surface area contributed by atoms with Crippen LogP contribution in [-0.4, -0.2) is 39.8 Å². The van der Waals surface area contributed by atoms with E-state index in [0.29, 0.717) is 23.9 Å². The first-order valence-corrected chi connectivity index (χ1v) is 7.52. The fraction of sp³-hybridized carbons (Fsp3) is 0.857. The lowest BCUT2D eigenvalue weighted by Crippen LogP contribution is -2.47. The normalized spacial score (nSPS) is 36.2. The Kier molecular flexibility index (Phi) is 2.84. The van der Waals surface area contributed by atoms with Crippen LogP contribution in [0.5, 0.6) is 0 Å². The number of aryl methyl sites for hydroxylation is 1. The zero-order valence-corrected chi connectivity index (χ0v) is 11.4. The minimum atomic E-state index is 0.0174. The number of aromatic nitrogens is 2. The van der Waals surface area contributed by atoms with Gasteiger partial charge >= 0.3 is 0 Å². The molecule has 3 aliphatic rings. The molecule has 0 spiro atoms. The zero-order chi connectivity index (χ0) is 12.8. The van der Waals surface area contributed by atoms with Crippen molar-refractivity contribution in [2.75, 3.05) is 6.54 Å². The van der Waals surface area contributed by atoms with Gasteiger partial charge in [0.15, 0.2) is 0 Å². The molecular weight excluding hydrogens is 242 g/mol. The molecule has 0 radical (unpaired) electrons. The highest BCUT2D eigenvalue weighted by Crippen LogP contribution is 2.41. The standard InChI is InChI=1S/C14H21N3O2/c1-9-15-16-14(18-9)13-6-5-11-12(19-13)7-8-17(11)10-3-2-4-10/h10-13H,2-8H2,1H3/t11-,12-,13+/m1/s1. The maximum atomic E-state index is 6.22. The van der Waals surface area contributed by atoms with Crippen molar-refractivity contribution in [1.82, 2.24) is 15.1 Å². The van der Waals surface area contributed by atoms with Gasteiger partial charge in [-0.25, -0.2) is 0 Å². The van der Waals surface area contributed by atoms with Crippen molar-refractivity contribution in [1.29, 1.82) is 0 Å². The molecule has 0 amide bonds. The summed E-state index contributed by atoms with van der Waals surface area (Å²) in [7, 11) is 0. The van der Waals surface area contributed by atoms with Crippen LogP contribution in [0.4, 0.5) is 0 Å². The van der Waals surface area contributed by atoms with Gasteiger partial charge in [0.05, 0.1) is 6.10 Å². The van der Waals surface area contributed by atoms with E-state index in [0.717, 1.165) is 18.9 Å².